The minimum absolute atomic E-state index is 0.0558. The normalized spacial score (nSPS) is 9.86. The van der Waals surface area contributed by atoms with Crippen LogP contribution in [0, 0.1) is 6.92 Å². The standard InChI is InChI=1S/C8H11N3O3/c1-5-4-6(7(13)14)11-8(10-5)9-2-3-12/h4,12H,2-3H2,1H3,(H,13,14)(H,9,10,11). The Labute approximate surface area is 80.6 Å². The minimum atomic E-state index is -1.09. The molecular weight excluding hydrogens is 186 g/mol. The van der Waals surface area contributed by atoms with Gasteiger partial charge in [0.15, 0.2) is 5.69 Å². The van der Waals surface area contributed by atoms with Gasteiger partial charge in [-0.2, -0.15) is 0 Å². The van der Waals surface area contributed by atoms with Gasteiger partial charge < -0.3 is 15.5 Å². The van der Waals surface area contributed by atoms with Crippen molar-refractivity contribution in [3.63, 3.8) is 0 Å². The number of hydrogen-bond acceptors (Lipinski definition) is 5. The van der Waals surface area contributed by atoms with E-state index in [1.54, 1.807) is 6.92 Å². The van der Waals surface area contributed by atoms with E-state index in [9.17, 15) is 4.79 Å². The summed E-state index contributed by atoms with van der Waals surface area (Å²) >= 11 is 0. The molecule has 6 heteroatoms. The van der Waals surface area contributed by atoms with Crippen LogP contribution < -0.4 is 5.32 Å². The molecule has 1 aromatic heterocycles. The quantitative estimate of drug-likeness (QED) is 0.623. The van der Waals surface area contributed by atoms with E-state index in [1.807, 2.05) is 0 Å². The van der Waals surface area contributed by atoms with Gasteiger partial charge in [0.1, 0.15) is 0 Å². The van der Waals surface area contributed by atoms with E-state index in [1.165, 1.54) is 6.07 Å². The Morgan fingerprint density at radius 1 is 1.57 bits per heavy atom. The van der Waals surface area contributed by atoms with Gasteiger partial charge in [0.25, 0.3) is 0 Å². The van der Waals surface area contributed by atoms with Gasteiger partial charge in [-0.05, 0) is 13.0 Å². The Morgan fingerprint density at radius 2 is 2.29 bits per heavy atom. The zero-order valence-corrected chi connectivity index (χ0v) is 7.69. The van der Waals surface area contributed by atoms with Gasteiger partial charge in [-0.25, -0.2) is 14.8 Å². The van der Waals surface area contributed by atoms with E-state index in [0.717, 1.165) is 0 Å². The highest BCUT2D eigenvalue weighted by atomic mass is 16.4. The molecule has 0 saturated carbocycles. The Hall–Kier alpha value is -1.69. The molecule has 0 amide bonds. The Bertz CT molecular complexity index is 341. The van der Waals surface area contributed by atoms with Gasteiger partial charge in [0.2, 0.25) is 5.95 Å². The summed E-state index contributed by atoms with van der Waals surface area (Å²) in [6.07, 6.45) is 0. The summed E-state index contributed by atoms with van der Waals surface area (Å²) < 4.78 is 0. The zero-order chi connectivity index (χ0) is 10.6. The van der Waals surface area contributed by atoms with Crippen LogP contribution in [0.25, 0.3) is 0 Å². The molecule has 0 atom stereocenters. The second-order valence-electron chi connectivity index (χ2n) is 2.67. The van der Waals surface area contributed by atoms with Crippen molar-refractivity contribution >= 4 is 11.9 Å². The third-order valence-electron chi connectivity index (χ3n) is 1.47. The maximum absolute atomic E-state index is 10.6. The average molecular weight is 197 g/mol. The molecule has 14 heavy (non-hydrogen) atoms. The van der Waals surface area contributed by atoms with Crippen molar-refractivity contribution in [2.75, 3.05) is 18.5 Å². The van der Waals surface area contributed by atoms with Crippen LogP contribution in [-0.4, -0.2) is 39.3 Å². The molecule has 0 aliphatic heterocycles. The lowest BCUT2D eigenvalue weighted by molar-refractivity contribution is 0.0690. The van der Waals surface area contributed by atoms with Crippen LogP contribution in [0.15, 0.2) is 6.07 Å². The topological polar surface area (TPSA) is 95.3 Å². The molecule has 0 bridgehead atoms. The monoisotopic (exact) mass is 197 g/mol. The van der Waals surface area contributed by atoms with Crippen molar-refractivity contribution in [1.29, 1.82) is 0 Å². The molecule has 0 unspecified atom stereocenters. The lowest BCUT2D eigenvalue weighted by Gasteiger charge is -2.04. The van der Waals surface area contributed by atoms with Gasteiger partial charge in [-0.3, -0.25) is 0 Å². The molecule has 0 radical (unpaired) electrons. The Balaban J connectivity index is 2.89. The zero-order valence-electron chi connectivity index (χ0n) is 7.69. The summed E-state index contributed by atoms with van der Waals surface area (Å²) in [6.45, 7) is 1.92. The lowest BCUT2D eigenvalue weighted by atomic mass is 10.3. The fourth-order valence-electron chi connectivity index (χ4n) is 0.925. The number of nitrogens with zero attached hydrogens (tertiary/aromatic N) is 2. The first kappa shape index (κ1) is 10.4. The SMILES string of the molecule is Cc1cc(C(=O)O)nc(NCCO)n1. The molecule has 0 aromatic carbocycles. The molecule has 0 saturated heterocycles. The third-order valence-corrected chi connectivity index (χ3v) is 1.47. The molecule has 1 heterocycles. The van der Waals surface area contributed by atoms with Crippen molar-refractivity contribution < 1.29 is 15.0 Å². The average Bonchev–Trinajstić information content (AvgIpc) is 2.14. The number of aromatic carboxylic acids is 1. The van der Waals surface area contributed by atoms with Gasteiger partial charge in [0, 0.05) is 12.2 Å². The Kier molecular flexibility index (Phi) is 3.35. The highest BCUT2D eigenvalue weighted by Gasteiger charge is 2.07. The van der Waals surface area contributed by atoms with Crippen LogP contribution in [0.2, 0.25) is 0 Å². The van der Waals surface area contributed by atoms with Crippen LogP contribution in [0.4, 0.5) is 5.95 Å². The van der Waals surface area contributed by atoms with E-state index in [-0.39, 0.29) is 18.2 Å². The van der Waals surface area contributed by atoms with E-state index < -0.39 is 5.97 Å². The fourth-order valence-corrected chi connectivity index (χ4v) is 0.925. The molecule has 76 valence electrons. The Morgan fingerprint density at radius 3 is 2.86 bits per heavy atom. The highest BCUT2D eigenvalue weighted by Crippen LogP contribution is 2.04. The lowest BCUT2D eigenvalue weighted by Crippen LogP contribution is -2.12. The molecule has 1 rings (SSSR count). The maximum Gasteiger partial charge on any atom is 0.354 e. The summed E-state index contributed by atoms with van der Waals surface area (Å²) in [4.78, 5) is 18.3. The van der Waals surface area contributed by atoms with Crippen LogP contribution in [0.5, 0.6) is 0 Å². The van der Waals surface area contributed by atoms with E-state index in [2.05, 4.69) is 15.3 Å². The molecular formula is C8H11N3O3. The molecule has 3 N–H and O–H groups in total. The van der Waals surface area contributed by atoms with Crippen LogP contribution in [-0.2, 0) is 0 Å². The molecule has 0 spiro atoms. The number of carboxylic acids is 1. The van der Waals surface area contributed by atoms with Crippen molar-refractivity contribution in [3.05, 3.63) is 17.5 Å². The molecule has 6 nitrogen and oxygen atoms in total. The number of aryl methyl sites for hydroxylation is 1. The van der Waals surface area contributed by atoms with Crippen molar-refractivity contribution in [2.24, 2.45) is 0 Å². The van der Waals surface area contributed by atoms with E-state index in [4.69, 9.17) is 10.2 Å². The van der Waals surface area contributed by atoms with Gasteiger partial charge in [-0.15, -0.1) is 0 Å². The number of anilines is 1. The predicted octanol–water partition coefficient (Wildman–Crippen LogP) is -0.113. The summed E-state index contributed by atoms with van der Waals surface area (Å²) in [5.41, 5.74) is 0.510. The van der Waals surface area contributed by atoms with Gasteiger partial charge in [-0.1, -0.05) is 0 Å². The largest absolute Gasteiger partial charge is 0.477 e. The summed E-state index contributed by atoms with van der Waals surface area (Å²) in [5.74, 6) is -0.876. The van der Waals surface area contributed by atoms with E-state index >= 15 is 0 Å². The summed E-state index contributed by atoms with van der Waals surface area (Å²) in [5, 5.41) is 19.9. The van der Waals surface area contributed by atoms with Gasteiger partial charge >= 0.3 is 5.97 Å². The number of nitrogens with one attached hydrogen (secondary N) is 1. The van der Waals surface area contributed by atoms with Gasteiger partial charge in [0.05, 0.1) is 6.61 Å². The van der Waals surface area contributed by atoms with Crippen molar-refractivity contribution in [1.82, 2.24) is 9.97 Å². The number of aromatic nitrogens is 2. The predicted molar refractivity (Wildman–Crippen MR) is 49.3 cm³/mol. The van der Waals surface area contributed by atoms with Crippen LogP contribution in [0.1, 0.15) is 16.2 Å². The second kappa shape index (κ2) is 4.52. The first-order valence-electron chi connectivity index (χ1n) is 4.07. The van der Waals surface area contributed by atoms with Crippen molar-refractivity contribution in [2.45, 2.75) is 6.92 Å². The second-order valence-corrected chi connectivity index (χ2v) is 2.67. The summed E-state index contributed by atoms with van der Waals surface area (Å²) in [6, 6.07) is 1.38. The summed E-state index contributed by atoms with van der Waals surface area (Å²) in [7, 11) is 0. The number of carbonyl (C=O) groups is 1. The maximum atomic E-state index is 10.6. The molecule has 0 aliphatic carbocycles. The first-order valence-corrected chi connectivity index (χ1v) is 4.07. The smallest absolute Gasteiger partial charge is 0.354 e. The molecule has 0 fully saturated rings. The fraction of sp³-hybridized carbons (Fsp3) is 0.375. The third kappa shape index (κ3) is 2.67. The molecule has 0 aliphatic rings. The van der Waals surface area contributed by atoms with Crippen LogP contribution >= 0.6 is 0 Å². The van der Waals surface area contributed by atoms with Crippen molar-refractivity contribution in [3.8, 4) is 0 Å². The number of hydrogen-bond donors (Lipinski definition) is 3. The molecule has 1 aromatic rings. The highest BCUT2D eigenvalue weighted by molar-refractivity contribution is 5.85. The number of aliphatic hydroxyl groups excluding tert-OH is 1. The van der Waals surface area contributed by atoms with Crippen LogP contribution in [0.3, 0.4) is 0 Å². The number of aliphatic hydroxyl groups is 1. The first-order chi connectivity index (χ1) is 6.63. The number of carboxylic acid groups (broad SMARTS) is 1. The number of rotatable bonds is 4. The van der Waals surface area contributed by atoms with E-state index in [0.29, 0.717) is 12.2 Å². The minimum Gasteiger partial charge on any atom is -0.477 e.